The van der Waals surface area contributed by atoms with E-state index in [9.17, 15) is 0 Å². The van der Waals surface area contributed by atoms with Crippen molar-refractivity contribution in [1.29, 1.82) is 0 Å². The van der Waals surface area contributed by atoms with Gasteiger partial charge in [-0.05, 0) is 106 Å². The van der Waals surface area contributed by atoms with Gasteiger partial charge in [0.1, 0.15) is 17.0 Å². The largest absolute Gasteiger partial charge is 0.455 e. The van der Waals surface area contributed by atoms with Gasteiger partial charge in [0.05, 0.1) is 22.1 Å². The molecule has 3 aromatic heterocycles. The highest BCUT2D eigenvalue weighted by Crippen LogP contribution is 2.63. The van der Waals surface area contributed by atoms with Crippen molar-refractivity contribution >= 4 is 92.3 Å². The summed E-state index contributed by atoms with van der Waals surface area (Å²) < 4.78 is 27.9. The van der Waals surface area contributed by atoms with Crippen LogP contribution in [0.4, 0.5) is 21.5 Å². The van der Waals surface area contributed by atoms with Crippen molar-refractivity contribution in [1.82, 2.24) is 4.57 Å². The Morgan fingerprint density at radius 2 is 1.17 bits per heavy atom. The summed E-state index contributed by atoms with van der Waals surface area (Å²) in [6, 6.07) is 77.5. The van der Waals surface area contributed by atoms with Gasteiger partial charge in [-0.15, -0.1) is 11.3 Å². The van der Waals surface area contributed by atoms with E-state index in [1.165, 1.54) is 26.4 Å². The maximum Gasteiger partial charge on any atom is 0.143 e. The van der Waals surface area contributed by atoms with Crippen molar-refractivity contribution in [2.24, 2.45) is 0 Å². The van der Waals surface area contributed by atoms with Gasteiger partial charge in [0.15, 0.2) is 0 Å². The Morgan fingerprint density at radius 3 is 1.96 bits per heavy atom. The van der Waals surface area contributed by atoms with Crippen LogP contribution in [0, 0.1) is 5.82 Å². The number of nitrogens with zero attached hydrogens (tertiary/aromatic N) is 2. The van der Waals surface area contributed by atoms with Gasteiger partial charge in [0.2, 0.25) is 0 Å². The number of anilines is 3. The lowest BCUT2D eigenvalue weighted by atomic mass is 9.67. The molecule has 14 rings (SSSR count). The molecule has 0 radical (unpaired) electrons. The summed E-state index contributed by atoms with van der Waals surface area (Å²) in [5.41, 5.74) is 14.7. The molecule has 0 saturated carbocycles. The minimum atomic E-state index is -0.939. The maximum absolute atomic E-state index is 16.1. The van der Waals surface area contributed by atoms with Crippen LogP contribution in [0.3, 0.4) is 0 Å². The molecule has 0 bridgehead atoms. The average Bonchev–Trinajstić information content (AvgIpc) is 4.14. The van der Waals surface area contributed by atoms with Gasteiger partial charge in [-0.25, -0.2) is 4.39 Å². The standard InChI is InChI=1S/C65H45FN2OS/c1-64(2,3)40-29-31-45(32-30-40)67(46-33-34-48-47-23-10-13-26-54(47)68(55(48)38-46)44-21-8-5-9-22-44)56-39-53-61(63-59(56)51-25-12-15-28-58(51)70-63)60-52(36-35-50-49-24-11-14-27-57(49)69-62(50)60)65(53,41-17-6-4-7-18-41)42-19-16-20-43(66)37-42/h4-39H,1-3H3. The molecule has 0 spiro atoms. The zero-order chi connectivity index (χ0) is 46.9. The third-order valence-electron chi connectivity index (χ3n) is 14.9. The molecule has 3 nitrogen and oxygen atoms in total. The molecule has 334 valence electrons. The molecule has 1 aliphatic carbocycles. The molecule has 0 amide bonds. The summed E-state index contributed by atoms with van der Waals surface area (Å²) >= 11 is 1.83. The second-order valence-corrected chi connectivity index (χ2v) is 20.8. The van der Waals surface area contributed by atoms with Gasteiger partial charge in [-0.2, -0.15) is 0 Å². The normalized spacial score (nSPS) is 14.6. The van der Waals surface area contributed by atoms with Gasteiger partial charge in [-0.1, -0.05) is 166 Å². The monoisotopic (exact) mass is 920 g/mol. The van der Waals surface area contributed by atoms with E-state index < -0.39 is 5.41 Å². The number of thiophene rings is 1. The molecule has 0 aliphatic heterocycles. The quantitative estimate of drug-likeness (QED) is 0.166. The van der Waals surface area contributed by atoms with Gasteiger partial charge in [0.25, 0.3) is 0 Å². The Bertz CT molecular complexity index is 4230. The van der Waals surface area contributed by atoms with Gasteiger partial charge >= 0.3 is 0 Å². The van der Waals surface area contributed by atoms with E-state index in [2.05, 4.69) is 224 Å². The fraction of sp³-hybridized carbons (Fsp3) is 0.0769. The van der Waals surface area contributed by atoms with Crippen LogP contribution < -0.4 is 4.90 Å². The number of fused-ring (bicyclic) bond motifs is 14. The van der Waals surface area contributed by atoms with Crippen molar-refractivity contribution in [2.45, 2.75) is 31.6 Å². The number of hydrogen-bond donors (Lipinski definition) is 0. The summed E-state index contributed by atoms with van der Waals surface area (Å²) in [7, 11) is 0. The molecule has 70 heavy (non-hydrogen) atoms. The number of hydrogen-bond acceptors (Lipinski definition) is 3. The van der Waals surface area contributed by atoms with E-state index in [-0.39, 0.29) is 11.2 Å². The van der Waals surface area contributed by atoms with Crippen molar-refractivity contribution < 1.29 is 8.81 Å². The van der Waals surface area contributed by atoms with E-state index in [1.807, 2.05) is 23.5 Å². The first kappa shape index (κ1) is 40.8. The number of rotatable bonds is 6. The predicted molar refractivity (Wildman–Crippen MR) is 292 cm³/mol. The highest BCUT2D eigenvalue weighted by Gasteiger charge is 2.49. The van der Waals surface area contributed by atoms with Crippen LogP contribution in [0.15, 0.2) is 223 Å². The van der Waals surface area contributed by atoms with E-state index >= 15 is 4.39 Å². The Hall–Kier alpha value is -8.25. The summed E-state index contributed by atoms with van der Waals surface area (Å²) in [6.07, 6.45) is 0. The highest BCUT2D eigenvalue weighted by molar-refractivity contribution is 7.26. The first-order valence-electron chi connectivity index (χ1n) is 24.0. The average molecular weight is 921 g/mol. The van der Waals surface area contributed by atoms with E-state index in [1.54, 1.807) is 12.1 Å². The lowest BCUT2D eigenvalue weighted by molar-refractivity contribution is 0.590. The molecular formula is C65H45FN2OS. The molecule has 0 N–H and O–H groups in total. The van der Waals surface area contributed by atoms with Crippen molar-refractivity contribution in [3.8, 4) is 16.8 Å². The van der Waals surface area contributed by atoms with Crippen LogP contribution in [-0.2, 0) is 10.8 Å². The van der Waals surface area contributed by atoms with Crippen LogP contribution >= 0.6 is 11.3 Å². The van der Waals surface area contributed by atoms with Crippen LogP contribution in [0.5, 0.6) is 0 Å². The number of para-hydroxylation sites is 3. The molecule has 1 aliphatic rings. The SMILES string of the molecule is CC(C)(C)c1ccc(N(c2ccc3c4ccccc4n(-c4ccccc4)c3c2)c2cc3c(c4sc5ccccc5c24)-c2c(ccc4c2oc2ccccc24)C3(c2ccccc2)c2cccc(F)c2)cc1. The first-order valence-corrected chi connectivity index (χ1v) is 24.8. The van der Waals surface area contributed by atoms with E-state index in [4.69, 9.17) is 4.42 Å². The topological polar surface area (TPSA) is 21.3 Å². The summed E-state index contributed by atoms with van der Waals surface area (Å²) in [5, 5.41) is 6.86. The number of benzene rings is 10. The summed E-state index contributed by atoms with van der Waals surface area (Å²) in [6.45, 7) is 6.80. The molecular weight excluding hydrogens is 876 g/mol. The van der Waals surface area contributed by atoms with Crippen LogP contribution in [0.25, 0.3) is 80.7 Å². The van der Waals surface area contributed by atoms with Gasteiger partial charge < -0.3 is 13.9 Å². The third kappa shape index (κ3) is 5.79. The van der Waals surface area contributed by atoms with Crippen LogP contribution in [0.1, 0.15) is 48.6 Å². The summed E-state index contributed by atoms with van der Waals surface area (Å²) in [5.74, 6) is -0.279. The number of furan rings is 1. The first-order chi connectivity index (χ1) is 34.3. The summed E-state index contributed by atoms with van der Waals surface area (Å²) in [4.78, 5) is 2.47. The van der Waals surface area contributed by atoms with Crippen LogP contribution in [0.2, 0.25) is 0 Å². The lowest BCUT2D eigenvalue weighted by Gasteiger charge is -2.35. The molecule has 13 aromatic rings. The third-order valence-corrected chi connectivity index (χ3v) is 16.0. The minimum absolute atomic E-state index is 0.0443. The smallest absolute Gasteiger partial charge is 0.143 e. The Kier molecular flexibility index (Phi) is 8.81. The lowest BCUT2D eigenvalue weighted by Crippen LogP contribution is -2.29. The van der Waals surface area contributed by atoms with Crippen molar-refractivity contribution in [2.75, 3.05) is 4.90 Å². The van der Waals surface area contributed by atoms with E-state index in [0.717, 1.165) is 99.2 Å². The predicted octanol–water partition coefficient (Wildman–Crippen LogP) is 18.3. The van der Waals surface area contributed by atoms with Gasteiger partial charge in [-0.3, -0.25) is 0 Å². The molecule has 1 atom stereocenters. The van der Waals surface area contributed by atoms with Gasteiger partial charge in [0, 0.05) is 69.9 Å². The fourth-order valence-electron chi connectivity index (χ4n) is 11.8. The molecule has 0 saturated heterocycles. The minimum Gasteiger partial charge on any atom is -0.455 e. The zero-order valence-corrected chi connectivity index (χ0v) is 39.7. The Labute approximate surface area is 408 Å². The molecule has 1 unspecified atom stereocenters. The van der Waals surface area contributed by atoms with E-state index in [0.29, 0.717) is 0 Å². The van der Waals surface area contributed by atoms with Crippen molar-refractivity contribution in [3.63, 3.8) is 0 Å². The molecule has 3 heterocycles. The maximum atomic E-state index is 16.1. The highest BCUT2D eigenvalue weighted by atomic mass is 32.1. The van der Waals surface area contributed by atoms with Crippen molar-refractivity contribution in [3.05, 3.63) is 252 Å². The molecule has 10 aromatic carbocycles. The molecule has 0 fully saturated rings. The Morgan fingerprint density at radius 1 is 0.514 bits per heavy atom. The second kappa shape index (κ2) is 15.1. The number of aromatic nitrogens is 1. The zero-order valence-electron chi connectivity index (χ0n) is 38.9. The van der Waals surface area contributed by atoms with Crippen LogP contribution in [-0.4, -0.2) is 4.57 Å². The molecule has 5 heteroatoms. The second-order valence-electron chi connectivity index (χ2n) is 19.7. The fourth-order valence-corrected chi connectivity index (χ4v) is 13.1. The Balaban J connectivity index is 1.17. The number of halogens is 1.